The molecule has 1 heterocycles. The van der Waals surface area contributed by atoms with Crippen molar-refractivity contribution in [3.63, 3.8) is 0 Å². The molecule has 1 aromatic heterocycles. The van der Waals surface area contributed by atoms with E-state index < -0.39 is 0 Å². The molecule has 0 spiro atoms. The fourth-order valence-corrected chi connectivity index (χ4v) is 2.78. The minimum atomic E-state index is -0.239. The molecule has 0 aliphatic heterocycles. The molecule has 0 saturated carbocycles. The summed E-state index contributed by atoms with van der Waals surface area (Å²) in [7, 11) is 1.75. The first kappa shape index (κ1) is 20.7. The lowest BCUT2D eigenvalue weighted by molar-refractivity contribution is -0.128. The summed E-state index contributed by atoms with van der Waals surface area (Å²) < 4.78 is 1.92. The summed E-state index contributed by atoms with van der Waals surface area (Å²) in [6.07, 6.45) is 0. The van der Waals surface area contributed by atoms with Gasteiger partial charge in [-0.2, -0.15) is 5.10 Å². The van der Waals surface area contributed by atoms with E-state index in [0.717, 1.165) is 11.3 Å². The van der Waals surface area contributed by atoms with Crippen molar-refractivity contribution in [2.45, 2.75) is 59.5 Å². The number of hydrogen-bond acceptors (Lipinski definition) is 3. The van der Waals surface area contributed by atoms with Crippen molar-refractivity contribution < 1.29 is 9.59 Å². The topological polar surface area (TPSA) is 67.2 Å². The zero-order valence-corrected chi connectivity index (χ0v) is 17.3. The van der Waals surface area contributed by atoms with Crippen LogP contribution >= 0.6 is 0 Å². The van der Waals surface area contributed by atoms with Crippen LogP contribution in [0, 0.1) is 0 Å². The summed E-state index contributed by atoms with van der Waals surface area (Å²) in [4.78, 5) is 25.8. The Morgan fingerprint density at radius 3 is 2.41 bits per heavy atom. The van der Waals surface area contributed by atoms with Crippen LogP contribution in [0.5, 0.6) is 0 Å². The summed E-state index contributed by atoms with van der Waals surface area (Å²) >= 11 is 0. The Morgan fingerprint density at radius 1 is 1.22 bits per heavy atom. The summed E-state index contributed by atoms with van der Waals surface area (Å²) in [5, 5.41) is 7.46. The van der Waals surface area contributed by atoms with Gasteiger partial charge in [0.05, 0.1) is 5.54 Å². The Morgan fingerprint density at radius 2 is 1.89 bits per heavy atom. The highest BCUT2D eigenvalue weighted by Gasteiger charge is 2.23. The molecule has 2 aromatic rings. The summed E-state index contributed by atoms with van der Waals surface area (Å²) in [6.45, 7) is 12.4. The van der Waals surface area contributed by atoms with E-state index in [0.29, 0.717) is 17.9 Å². The van der Waals surface area contributed by atoms with Crippen LogP contribution in [-0.2, 0) is 16.9 Å². The van der Waals surface area contributed by atoms with Crippen molar-refractivity contribution in [2.24, 2.45) is 0 Å². The number of rotatable bonds is 5. The molecule has 1 aromatic carbocycles. The smallest absolute Gasteiger partial charge is 0.276 e. The minimum absolute atomic E-state index is 0.00151. The first-order chi connectivity index (χ1) is 12.5. The molecule has 1 N–H and O–H groups in total. The van der Waals surface area contributed by atoms with Crippen molar-refractivity contribution in [3.05, 3.63) is 47.3 Å². The Balaban J connectivity index is 2.22. The quantitative estimate of drug-likeness (QED) is 0.865. The van der Waals surface area contributed by atoms with Gasteiger partial charge in [0.15, 0.2) is 5.69 Å². The van der Waals surface area contributed by atoms with Gasteiger partial charge in [0.25, 0.3) is 5.91 Å². The Labute approximate surface area is 161 Å². The maximum absolute atomic E-state index is 12.7. The number of hydrogen-bond donors (Lipinski definition) is 1. The van der Waals surface area contributed by atoms with Gasteiger partial charge in [0, 0.05) is 31.9 Å². The van der Waals surface area contributed by atoms with Crippen molar-refractivity contribution in [1.82, 2.24) is 14.7 Å². The van der Waals surface area contributed by atoms with Gasteiger partial charge in [-0.05, 0) is 50.5 Å². The predicted molar refractivity (Wildman–Crippen MR) is 108 cm³/mol. The van der Waals surface area contributed by atoms with E-state index in [2.05, 4.69) is 45.0 Å². The third-order valence-electron chi connectivity index (χ3n) is 4.34. The Bertz CT molecular complexity index is 831. The standard InChI is InChI=1S/C21H30N4O2/c1-14(2)19-12-18(23-25(19)21(4,5)6)20(27)22-17-10-8-9-16(11-17)13-24(7)15(3)26/h8-12,14H,13H2,1-7H3,(H,22,27). The maximum atomic E-state index is 12.7. The number of anilines is 1. The number of benzene rings is 1. The lowest BCUT2D eigenvalue weighted by Crippen LogP contribution is -2.26. The third kappa shape index (κ3) is 5.18. The van der Waals surface area contributed by atoms with Gasteiger partial charge in [-0.15, -0.1) is 0 Å². The van der Waals surface area contributed by atoms with Gasteiger partial charge in [-0.25, -0.2) is 0 Å². The molecule has 0 atom stereocenters. The lowest BCUT2D eigenvalue weighted by Gasteiger charge is -2.23. The van der Waals surface area contributed by atoms with Gasteiger partial charge in [-0.3, -0.25) is 14.3 Å². The number of nitrogens with zero attached hydrogens (tertiary/aromatic N) is 3. The molecule has 6 heteroatoms. The van der Waals surface area contributed by atoms with Crippen molar-refractivity contribution in [2.75, 3.05) is 12.4 Å². The minimum Gasteiger partial charge on any atom is -0.342 e. The molecular formula is C21H30N4O2. The summed E-state index contributed by atoms with van der Waals surface area (Å²) in [5.41, 5.74) is 2.87. The largest absolute Gasteiger partial charge is 0.342 e. The Hall–Kier alpha value is -2.63. The average Bonchev–Trinajstić information content (AvgIpc) is 3.01. The van der Waals surface area contributed by atoms with Gasteiger partial charge >= 0.3 is 0 Å². The fourth-order valence-electron chi connectivity index (χ4n) is 2.78. The summed E-state index contributed by atoms with van der Waals surface area (Å²) in [5.74, 6) is 0.0269. The molecule has 0 unspecified atom stereocenters. The molecule has 0 fully saturated rings. The highest BCUT2D eigenvalue weighted by Crippen LogP contribution is 2.24. The number of carbonyl (C=O) groups excluding carboxylic acids is 2. The van der Waals surface area contributed by atoms with Gasteiger partial charge < -0.3 is 10.2 Å². The zero-order valence-electron chi connectivity index (χ0n) is 17.3. The van der Waals surface area contributed by atoms with Gasteiger partial charge in [0.1, 0.15) is 0 Å². The molecule has 6 nitrogen and oxygen atoms in total. The number of aromatic nitrogens is 2. The normalized spacial score (nSPS) is 11.6. The molecule has 2 amide bonds. The molecule has 0 aliphatic rings. The van der Waals surface area contributed by atoms with Crippen LogP contribution in [0.2, 0.25) is 0 Å². The van der Waals surface area contributed by atoms with Crippen LogP contribution in [0.3, 0.4) is 0 Å². The van der Waals surface area contributed by atoms with Crippen molar-refractivity contribution in [3.8, 4) is 0 Å². The zero-order chi connectivity index (χ0) is 20.4. The van der Waals surface area contributed by atoms with E-state index in [1.54, 1.807) is 11.9 Å². The van der Waals surface area contributed by atoms with Crippen LogP contribution in [0.15, 0.2) is 30.3 Å². The summed E-state index contributed by atoms with van der Waals surface area (Å²) in [6, 6.07) is 9.37. The van der Waals surface area contributed by atoms with Gasteiger partial charge in [-0.1, -0.05) is 26.0 Å². The van der Waals surface area contributed by atoms with Crippen LogP contribution in [0.1, 0.15) is 69.2 Å². The molecule has 2 rings (SSSR count). The SMILES string of the molecule is CC(=O)N(C)Cc1cccc(NC(=O)c2cc(C(C)C)n(C(C)(C)C)n2)c1. The maximum Gasteiger partial charge on any atom is 0.276 e. The van der Waals surface area contributed by atoms with E-state index in [1.807, 2.05) is 35.0 Å². The van der Waals surface area contributed by atoms with E-state index in [4.69, 9.17) is 0 Å². The number of carbonyl (C=O) groups is 2. The average molecular weight is 370 g/mol. The van der Waals surface area contributed by atoms with E-state index in [9.17, 15) is 9.59 Å². The monoisotopic (exact) mass is 370 g/mol. The molecule has 0 aliphatic carbocycles. The highest BCUT2D eigenvalue weighted by molar-refractivity contribution is 6.03. The molecule has 146 valence electrons. The molecule has 0 radical (unpaired) electrons. The van der Waals surface area contributed by atoms with Crippen LogP contribution < -0.4 is 5.32 Å². The lowest BCUT2D eigenvalue weighted by atomic mass is 10.1. The van der Waals surface area contributed by atoms with Gasteiger partial charge in [0.2, 0.25) is 5.91 Å². The van der Waals surface area contributed by atoms with Crippen LogP contribution in [0.25, 0.3) is 0 Å². The van der Waals surface area contributed by atoms with Crippen molar-refractivity contribution >= 4 is 17.5 Å². The van der Waals surface area contributed by atoms with E-state index >= 15 is 0 Å². The second-order valence-corrected chi connectivity index (χ2v) is 8.22. The third-order valence-corrected chi connectivity index (χ3v) is 4.34. The first-order valence-corrected chi connectivity index (χ1v) is 9.21. The van der Waals surface area contributed by atoms with Crippen LogP contribution in [0.4, 0.5) is 5.69 Å². The number of nitrogens with one attached hydrogen (secondary N) is 1. The second-order valence-electron chi connectivity index (χ2n) is 8.22. The van der Waals surface area contributed by atoms with E-state index in [1.165, 1.54) is 6.92 Å². The Kier molecular flexibility index (Phi) is 6.08. The van der Waals surface area contributed by atoms with Crippen molar-refractivity contribution in [1.29, 1.82) is 0 Å². The molecule has 0 saturated heterocycles. The fraction of sp³-hybridized carbons (Fsp3) is 0.476. The predicted octanol–water partition coefficient (Wildman–Crippen LogP) is 3.99. The van der Waals surface area contributed by atoms with E-state index in [-0.39, 0.29) is 23.3 Å². The number of amides is 2. The highest BCUT2D eigenvalue weighted by atomic mass is 16.2. The molecule has 27 heavy (non-hydrogen) atoms. The second kappa shape index (κ2) is 7.94. The van der Waals surface area contributed by atoms with Crippen LogP contribution in [-0.4, -0.2) is 33.5 Å². The molecular weight excluding hydrogens is 340 g/mol. The molecule has 0 bridgehead atoms. The first-order valence-electron chi connectivity index (χ1n) is 9.21.